The SMILES string of the molecule is COc1c(F)cccc1-c1cc(C(=O)Nc2nc3ccccc3n2C2CCC(O)CC2)ccn1. The zero-order chi connectivity index (χ0) is 23.7. The molecule has 0 atom stereocenters. The lowest BCUT2D eigenvalue weighted by molar-refractivity contribution is 0.102. The number of nitrogens with one attached hydrogen (secondary N) is 1. The van der Waals surface area contributed by atoms with Gasteiger partial charge >= 0.3 is 0 Å². The minimum atomic E-state index is -0.497. The van der Waals surface area contributed by atoms with Gasteiger partial charge in [-0.15, -0.1) is 0 Å². The van der Waals surface area contributed by atoms with Crippen LogP contribution in [-0.2, 0) is 0 Å². The van der Waals surface area contributed by atoms with Crippen molar-refractivity contribution < 1.29 is 19.0 Å². The topological polar surface area (TPSA) is 89.3 Å². The number of pyridine rings is 1. The average Bonchev–Trinajstić information content (AvgIpc) is 3.22. The molecule has 1 fully saturated rings. The largest absolute Gasteiger partial charge is 0.493 e. The number of rotatable bonds is 5. The van der Waals surface area contributed by atoms with Crippen molar-refractivity contribution >= 4 is 22.9 Å². The van der Waals surface area contributed by atoms with Crippen LogP contribution in [0.15, 0.2) is 60.8 Å². The van der Waals surface area contributed by atoms with Crippen LogP contribution < -0.4 is 10.1 Å². The van der Waals surface area contributed by atoms with Gasteiger partial charge in [-0.2, -0.15) is 0 Å². The normalized spacial score (nSPS) is 18.1. The summed E-state index contributed by atoms with van der Waals surface area (Å²) in [6.07, 6.45) is 4.28. The number of halogens is 1. The number of anilines is 1. The number of ether oxygens (including phenoxy) is 1. The Morgan fingerprint density at radius 2 is 1.91 bits per heavy atom. The average molecular weight is 461 g/mol. The molecule has 1 aliphatic rings. The Balaban J connectivity index is 1.48. The molecule has 2 N–H and O–H groups in total. The highest BCUT2D eigenvalue weighted by Gasteiger charge is 2.26. The number of aliphatic hydroxyl groups is 1. The van der Waals surface area contributed by atoms with E-state index in [-0.39, 0.29) is 23.8 Å². The van der Waals surface area contributed by atoms with Crippen LogP contribution in [-0.4, -0.2) is 38.8 Å². The molecular weight excluding hydrogens is 435 g/mol. The summed E-state index contributed by atoms with van der Waals surface area (Å²) in [5.41, 5.74) is 3.00. The lowest BCUT2D eigenvalue weighted by Crippen LogP contribution is -2.23. The Morgan fingerprint density at radius 3 is 2.71 bits per heavy atom. The van der Waals surface area contributed by atoms with Crippen molar-refractivity contribution in [3.05, 3.63) is 72.2 Å². The zero-order valence-electron chi connectivity index (χ0n) is 18.7. The maximum absolute atomic E-state index is 14.2. The van der Waals surface area contributed by atoms with E-state index in [0.717, 1.165) is 23.9 Å². The Labute approximate surface area is 196 Å². The molecule has 1 aliphatic carbocycles. The molecule has 1 saturated carbocycles. The number of carbonyl (C=O) groups is 1. The third kappa shape index (κ3) is 4.12. The van der Waals surface area contributed by atoms with Gasteiger partial charge in [-0.3, -0.25) is 15.1 Å². The molecule has 7 nitrogen and oxygen atoms in total. The molecule has 0 saturated heterocycles. The molecule has 0 bridgehead atoms. The zero-order valence-corrected chi connectivity index (χ0v) is 18.7. The van der Waals surface area contributed by atoms with E-state index >= 15 is 0 Å². The number of amides is 1. The van der Waals surface area contributed by atoms with Gasteiger partial charge in [0.1, 0.15) is 0 Å². The van der Waals surface area contributed by atoms with Gasteiger partial charge in [0.2, 0.25) is 5.95 Å². The van der Waals surface area contributed by atoms with Crippen molar-refractivity contribution in [1.29, 1.82) is 0 Å². The van der Waals surface area contributed by atoms with Gasteiger partial charge in [0.05, 0.1) is 29.9 Å². The van der Waals surface area contributed by atoms with E-state index in [4.69, 9.17) is 4.74 Å². The van der Waals surface area contributed by atoms with Crippen molar-refractivity contribution in [2.24, 2.45) is 0 Å². The van der Waals surface area contributed by atoms with Gasteiger partial charge in [-0.1, -0.05) is 18.2 Å². The fourth-order valence-corrected chi connectivity index (χ4v) is 4.63. The monoisotopic (exact) mass is 460 g/mol. The van der Waals surface area contributed by atoms with E-state index in [1.165, 1.54) is 19.4 Å². The lowest BCUT2D eigenvalue weighted by Gasteiger charge is -2.28. The third-order valence-corrected chi connectivity index (χ3v) is 6.32. The van der Waals surface area contributed by atoms with Crippen molar-refractivity contribution in [3.8, 4) is 17.0 Å². The van der Waals surface area contributed by atoms with Crippen LogP contribution in [0.5, 0.6) is 5.75 Å². The summed E-state index contributed by atoms with van der Waals surface area (Å²) in [5.74, 6) is -0.294. The summed E-state index contributed by atoms with van der Waals surface area (Å²) in [6.45, 7) is 0. The standard InChI is InChI=1S/C26H25FN4O3/c1-34-24-19(5-4-6-20(24)27)22-15-16(13-14-28-22)25(33)30-26-29-21-7-2-3-8-23(21)31(26)17-9-11-18(32)12-10-17/h2-8,13-15,17-18,32H,9-12H2,1H3,(H,29,30,33). The molecule has 34 heavy (non-hydrogen) atoms. The molecule has 0 spiro atoms. The van der Waals surface area contributed by atoms with Gasteiger partial charge in [-0.05, 0) is 62.1 Å². The second kappa shape index (κ2) is 9.23. The first kappa shape index (κ1) is 22.0. The number of aliphatic hydroxyl groups excluding tert-OH is 1. The van der Waals surface area contributed by atoms with Gasteiger partial charge in [0.15, 0.2) is 11.6 Å². The number of nitrogens with zero attached hydrogens (tertiary/aromatic N) is 3. The third-order valence-electron chi connectivity index (χ3n) is 6.32. The number of carbonyl (C=O) groups excluding carboxylic acids is 1. The van der Waals surface area contributed by atoms with E-state index < -0.39 is 5.82 Å². The number of hydrogen-bond donors (Lipinski definition) is 2. The molecule has 5 rings (SSSR count). The maximum Gasteiger partial charge on any atom is 0.258 e. The smallest absolute Gasteiger partial charge is 0.258 e. The summed E-state index contributed by atoms with van der Waals surface area (Å²) in [4.78, 5) is 22.2. The number of aromatic nitrogens is 3. The molecule has 2 aromatic heterocycles. The quantitative estimate of drug-likeness (QED) is 0.439. The van der Waals surface area contributed by atoms with Crippen molar-refractivity contribution in [2.45, 2.75) is 37.8 Å². The molecule has 0 unspecified atom stereocenters. The molecule has 0 radical (unpaired) electrons. The van der Waals surface area contributed by atoms with Gasteiger partial charge in [0.25, 0.3) is 5.91 Å². The Morgan fingerprint density at radius 1 is 1.12 bits per heavy atom. The molecule has 174 valence electrons. The Bertz CT molecular complexity index is 1350. The summed E-state index contributed by atoms with van der Waals surface area (Å²) in [5, 5.41) is 12.9. The predicted molar refractivity (Wildman–Crippen MR) is 127 cm³/mol. The fourth-order valence-electron chi connectivity index (χ4n) is 4.63. The minimum absolute atomic E-state index is 0.0776. The molecule has 0 aliphatic heterocycles. The van der Waals surface area contributed by atoms with Crippen molar-refractivity contribution in [2.75, 3.05) is 12.4 Å². The Kier molecular flexibility index (Phi) is 5.98. The first-order chi connectivity index (χ1) is 16.5. The van der Waals surface area contributed by atoms with E-state index in [1.807, 2.05) is 24.3 Å². The van der Waals surface area contributed by atoms with E-state index in [0.29, 0.717) is 35.6 Å². The number of fused-ring (bicyclic) bond motifs is 1. The first-order valence-electron chi connectivity index (χ1n) is 11.3. The fraction of sp³-hybridized carbons (Fsp3) is 0.269. The lowest BCUT2D eigenvalue weighted by atomic mass is 9.93. The highest BCUT2D eigenvalue weighted by molar-refractivity contribution is 6.04. The highest BCUT2D eigenvalue weighted by atomic mass is 19.1. The number of para-hydroxylation sites is 3. The van der Waals surface area contributed by atoms with Gasteiger partial charge in [-0.25, -0.2) is 9.37 Å². The van der Waals surface area contributed by atoms with Gasteiger partial charge < -0.3 is 14.4 Å². The predicted octanol–water partition coefficient (Wildman–Crippen LogP) is 4.97. The Hall–Kier alpha value is -3.78. The molecule has 8 heteroatoms. The minimum Gasteiger partial charge on any atom is -0.493 e. The highest BCUT2D eigenvalue weighted by Crippen LogP contribution is 2.35. The van der Waals surface area contributed by atoms with Crippen LogP contribution in [0.3, 0.4) is 0 Å². The van der Waals surface area contributed by atoms with Crippen LogP contribution >= 0.6 is 0 Å². The van der Waals surface area contributed by atoms with E-state index in [1.54, 1.807) is 24.3 Å². The summed E-state index contributed by atoms with van der Waals surface area (Å²) in [7, 11) is 1.40. The van der Waals surface area contributed by atoms with Crippen LogP contribution in [0, 0.1) is 5.82 Å². The summed E-state index contributed by atoms with van der Waals surface area (Å²) >= 11 is 0. The second-order valence-electron chi connectivity index (χ2n) is 8.46. The van der Waals surface area contributed by atoms with Crippen molar-refractivity contribution in [3.63, 3.8) is 0 Å². The molecular formula is C26H25FN4O3. The van der Waals surface area contributed by atoms with E-state index in [9.17, 15) is 14.3 Å². The number of imidazole rings is 1. The van der Waals surface area contributed by atoms with Crippen LogP contribution in [0.4, 0.5) is 10.3 Å². The summed E-state index contributed by atoms with van der Waals surface area (Å²) < 4.78 is 21.4. The molecule has 4 aromatic rings. The summed E-state index contributed by atoms with van der Waals surface area (Å²) in [6, 6.07) is 15.7. The van der Waals surface area contributed by atoms with Gasteiger partial charge in [0, 0.05) is 23.4 Å². The van der Waals surface area contributed by atoms with E-state index in [2.05, 4.69) is 19.9 Å². The van der Waals surface area contributed by atoms with Crippen LogP contribution in [0.2, 0.25) is 0 Å². The number of methoxy groups -OCH3 is 1. The van der Waals surface area contributed by atoms with Crippen molar-refractivity contribution in [1.82, 2.24) is 14.5 Å². The van der Waals surface area contributed by atoms with Crippen LogP contribution in [0.25, 0.3) is 22.3 Å². The molecule has 2 aromatic carbocycles. The maximum atomic E-state index is 14.2. The first-order valence-corrected chi connectivity index (χ1v) is 11.3. The molecule has 2 heterocycles. The number of hydrogen-bond acceptors (Lipinski definition) is 5. The van der Waals surface area contributed by atoms with Crippen LogP contribution in [0.1, 0.15) is 42.1 Å². The molecule has 1 amide bonds. The number of benzene rings is 2. The second-order valence-corrected chi connectivity index (χ2v) is 8.46.